The maximum Gasteiger partial charge on any atom is 0.146 e. The Morgan fingerprint density at radius 1 is 1.53 bits per heavy atom. The molecule has 0 bridgehead atoms. The molecule has 6 heteroatoms. The van der Waals surface area contributed by atoms with Crippen molar-refractivity contribution in [2.75, 3.05) is 19.8 Å². The van der Waals surface area contributed by atoms with E-state index < -0.39 is 0 Å². The zero-order valence-electron chi connectivity index (χ0n) is 8.66. The predicted molar refractivity (Wildman–Crippen MR) is 54.3 cm³/mol. The largest absolute Gasteiger partial charge is 0.394 e. The second-order valence-corrected chi connectivity index (χ2v) is 2.68. The summed E-state index contributed by atoms with van der Waals surface area (Å²) in [4.78, 5) is 14.9. The zero-order chi connectivity index (χ0) is 11.5. The van der Waals surface area contributed by atoms with Gasteiger partial charge in [0.25, 0.3) is 0 Å². The summed E-state index contributed by atoms with van der Waals surface area (Å²) in [5.41, 5.74) is 2.36. The molecule has 86 valence electrons. The number of aliphatic hydroxyl groups excluding tert-OH is 1. The maximum absolute atomic E-state index is 10.0. The van der Waals surface area contributed by atoms with Crippen LogP contribution in [0.3, 0.4) is 0 Å². The molecule has 0 atom stereocenters. The van der Waals surface area contributed by atoms with Crippen LogP contribution in [0.2, 0.25) is 0 Å². The number of allylic oxidation sites excluding steroid dienone is 2. The van der Waals surface area contributed by atoms with Crippen molar-refractivity contribution < 1.29 is 19.5 Å². The lowest BCUT2D eigenvalue weighted by Gasteiger charge is -2.08. The number of nitrogens with one attached hydrogen (secondary N) is 2. The Morgan fingerprint density at radius 2 is 2.27 bits per heavy atom. The smallest absolute Gasteiger partial charge is 0.146 e. The molecule has 0 spiro atoms. The molecular formula is C9H16N2O4. The fourth-order valence-corrected chi connectivity index (χ4v) is 0.664. The molecule has 0 saturated heterocycles. The van der Waals surface area contributed by atoms with E-state index in [0.29, 0.717) is 25.1 Å². The van der Waals surface area contributed by atoms with E-state index in [-0.39, 0.29) is 19.0 Å². The molecule has 3 N–H and O–H groups in total. The lowest BCUT2D eigenvalue weighted by Crippen LogP contribution is -2.23. The Morgan fingerprint density at radius 3 is 2.87 bits per heavy atom. The first-order valence-electron chi connectivity index (χ1n) is 4.51. The normalized spacial score (nSPS) is 10.9. The van der Waals surface area contributed by atoms with Gasteiger partial charge in [0.1, 0.15) is 17.9 Å². The maximum atomic E-state index is 10.0. The van der Waals surface area contributed by atoms with E-state index in [1.54, 1.807) is 6.92 Å². The highest BCUT2D eigenvalue weighted by Crippen LogP contribution is 1.91. The van der Waals surface area contributed by atoms with E-state index in [1.165, 1.54) is 6.08 Å². The summed E-state index contributed by atoms with van der Waals surface area (Å²) in [5.74, 6) is 0.526. The van der Waals surface area contributed by atoms with Crippen molar-refractivity contribution in [2.45, 2.75) is 13.3 Å². The van der Waals surface area contributed by atoms with Crippen LogP contribution in [-0.4, -0.2) is 37.0 Å². The summed E-state index contributed by atoms with van der Waals surface area (Å²) in [6, 6.07) is 0. The minimum Gasteiger partial charge on any atom is -0.394 e. The van der Waals surface area contributed by atoms with Crippen molar-refractivity contribution in [1.82, 2.24) is 5.48 Å². The van der Waals surface area contributed by atoms with E-state index in [2.05, 4.69) is 5.48 Å². The first-order valence-corrected chi connectivity index (χ1v) is 4.51. The molecule has 0 rings (SSSR count). The molecule has 0 aromatic rings. The number of carbonyl (C=O) groups excluding carboxylic acids is 1. The van der Waals surface area contributed by atoms with Crippen LogP contribution in [0.5, 0.6) is 0 Å². The fourth-order valence-electron chi connectivity index (χ4n) is 0.664. The van der Waals surface area contributed by atoms with E-state index in [0.717, 1.165) is 0 Å². The molecule has 0 unspecified atom stereocenters. The number of hydroxylamine groups is 1. The number of carbonyl (C=O) groups is 1. The number of aliphatic hydroxyl groups is 1. The number of amidine groups is 1. The number of ether oxygens (including phenoxy) is 1. The van der Waals surface area contributed by atoms with Crippen LogP contribution in [0.1, 0.15) is 13.3 Å². The number of aldehydes is 1. The van der Waals surface area contributed by atoms with Crippen LogP contribution >= 0.6 is 0 Å². The second-order valence-electron chi connectivity index (χ2n) is 2.68. The van der Waals surface area contributed by atoms with Gasteiger partial charge in [-0.05, 0) is 6.92 Å². The predicted octanol–water partition coefficient (Wildman–Crippen LogP) is -0.0134. The summed E-state index contributed by atoms with van der Waals surface area (Å²) < 4.78 is 4.95. The van der Waals surface area contributed by atoms with Crippen LogP contribution in [0, 0.1) is 5.41 Å². The number of hydrogen-bond donors (Lipinski definition) is 3. The molecule has 0 aromatic carbocycles. The molecule has 0 aliphatic carbocycles. The molecule has 0 heterocycles. The number of hydrogen-bond acceptors (Lipinski definition) is 5. The first-order chi connectivity index (χ1) is 7.20. The first kappa shape index (κ1) is 13.6. The topological polar surface area (TPSA) is 91.6 Å². The van der Waals surface area contributed by atoms with Crippen molar-refractivity contribution >= 4 is 12.1 Å². The van der Waals surface area contributed by atoms with E-state index >= 15 is 0 Å². The van der Waals surface area contributed by atoms with Gasteiger partial charge in [0, 0.05) is 12.5 Å². The quantitative estimate of drug-likeness (QED) is 0.101. The molecule has 0 radical (unpaired) electrons. The minimum atomic E-state index is -0.0293. The molecule has 0 fully saturated rings. The lowest BCUT2D eigenvalue weighted by atomic mass is 10.4. The molecule has 15 heavy (non-hydrogen) atoms. The van der Waals surface area contributed by atoms with E-state index in [9.17, 15) is 4.79 Å². The molecule has 0 saturated carbocycles. The van der Waals surface area contributed by atoms with Crippen molar-refractivity contribution in [2.24, 2.45) is 0 Å². The Labute approximate surface area is 88.3 Å². The summed E-state index contributed by atoms with van der Waals surface area (Å²) in [7, 11) is 0. The molecule has 0 aromatic heterocycles. The molecular weight excluding hydrogens is 200 g/mol. The molecule has 0 aliphatic rings. The number of rotatable bonds is 8. The third-order valence-electron chi connectivity index (χ3n) is 1.37. The second kappa shape index (κ2) is 9.17. The van der Waals surface area contributed by atoms with Crippen LogP contribution in [0.15, 0.2) is 11.8 Å². The molecule has 0 aliphatic heterocycles. The van der Waals surface area contributed by atoms with E-state index in [1.807, 2.05) is 0 Å². The monoisotopic (exact) mass is 216 g/mol. The average molecular weight is 216 g/mol. The van der Waals surface area contributed by atoms with Gasteiger partial charge in [-0.1, -0.05) is 0 Å². The van der Waals surface area contributed by atoms with Gasteiger partial charge in [-0.15, -0.1) is 0 Å². The Hall–Kier alpha value is -1.40. The fraction of sp³-hybridized carbons (Fsp3) is 0.556. The van der Waals surface area contributed by atoms with Gasteiger partial charge < -0.3 is 14.7 Å². The Bertz CT molecular complexity index is 228. The standard InChI is InChI=1S/C9H16N2O4/c1-8(2-4-12)15-11-9(10)3-6-14-7-5-13/h2,4,13H,3,5-7H2,1H3,(H2,10,11)/b8-2+. The van der Waals surface area contributed by atoms with Crippen molar-refractivity contribution in [3.63, 3.8) is 0 Å². The Kier molecular flexibility index (Phi) is 8.31. The van der Waals surface area contributed by atoms with Crippen LogP contribution in [0.25, 0.3) is 0 Å². The van der Waals surface area contributed by atoms with Gasteiger partial charge in [-0.2, -0.15) is 0 Å². The van der Waals surface area contributed by atoms with Crippen molar-refractivity contribution in [3.8, 4) is 0 Å². The van der Waals surface area contributed by atoms with Gasteiger partial charge in [0.15, 0.2) is 0 Å². The average Bonchev–Trinajstić information content (AvgIpc) is 2.22. The highest BCUT2D eigenvalue weighted by atomic mass is 16.6. The third kappa shape index (κ3) is 8.92. The van der Waals surface area contributed by atoms with Crippen LogP contribution < -0.4 is 5.48 Å². The highest BCUT2D eigenvalue weighted by Gasteiger charge is 1.97. The summed E-state index contributed by atoms with van der Waals surface area (Å²) in [6.07, 6.45) is 2.20. The van der Waals surface area contributed by atoms with Gasteiger partial charge >= 0.3 is 0 Å². The van der Waals surface area contributed by atoms with E-state index in [4.69, 9.17) is 20.1 Å². The molecule has 0 amide bonds. The lowest BCUT2D eigenvalue weighted by molar-refractivity contribution is -0.104. The summed E-state index contributed by atoms with van der Waals surface area (Å²) >= 11 is 0. The summed E-state index contributed by atoms with van der Waals surface area (Å²) in [6.45, 7) is 2.17. The molecule has 6 nitrogen and oxygen atoms in total. The van der Waals surface area contributed by atoms with Crippen LogP contribution in [-0.2, 0) is 14.4 Å². The van der Waals surface area contributed by atoms with Crippen molar-refractivity contribution in [3.05, 3.63) is 11.8 Å². The van der Waals surface area contributed by atoms with Crippen LogP contribution in [0.4, 0.5) is 0 Å². The van der Waals surface area contributed by atoms with Gasteiger partial charge in [-0.3, -0.25) is 10.2 Å². The van der Waals surface area contributed by atoms with Gasteiger partial charge in [0.2, 0.25) is 0 Å². The Balaban J connectivity index is 3.49. The zero-order valence-corrected chi connectivity index (χ0v) is 8.66. The van der Waals surface area contributed by atoms with Gasteiger partial charge in [-0.25, -0.2) is 5.48 Å². The summed E-state index contributed by atoms with van der Waals surface area (Å²) in [5, 5.41) is 15.8. The van der Waals surface area contributed by atoms with Gasteiger partial charge in [0.05, 0.1) is 19.8 Å². The third-order valence-corrected chi connectivity index (χ3v) is 1.37. The van der Waals surface area contributed by atoms with Crippen molar-refractivity contribution in [1.29, 1.82) is 5.41 Å². The highest BCUT2D eigenvalue weighted by molar-refractivity contribution is 5.78. The minimum absolute atomic E-state index is 0.0293. The SMILES string of the molecule is C/C(=C\C=O)ONC(=N)CCOCCO.